The van der Waals surface area contributed by atoms with Crippen molar-refractivity contribution in [2.45, 2.75) is 12.2 Å². The Morgan fingerprint density at radius 3 is 1.89 bits per heavy atom. The minimum atomic E-state index is -4.56. The number of methoxy groups -OCH3 is 3. The molecule has 8 heteroatoms. The van der Waals surface area contributed by atoms with Gasteiger partial charge >= 0.3 is 6.18 Å². The van der Waals surface area contributed by atoms with E-state index in [9.17, 15) is 13.2 Å². The average molecular weight is 302 g/mol. The first-order chi connectivity index (χ1) is 8.36. The number of benzene rings is 1. The summed E-state index contributed by atoms with van der Waals surface area (Å²) in [6.45, 7) is 0. The van der Waals surface area contributed by atoms with Crippen molar-refractivity contribution in [2.75, 3.05) is 21.3 Å². The Kier molecular flexibility index (Phi) is 6.24. The van der Waals surface area contributed by atoms with Crippen LogP contribution in [0.15, 0.2) is 12.1 Å². The van der Waals surface area contributed by atoms with Gasteiger partial charge in [-0.1, -0.05) is 0 Å². The molecule has 0 unspecified atom stereocenters. The minimum Gasteiger partial charge on any atom is -0.493 e. The van der Waals surface area contributed by atoms with Crippen molar-refractivity contribution in [1.29, 1.82) is 0 Å². The summed E-state index contributed by atoms with van der Waals surface area (Å²) in [4.78, 5) is 0. The molecule has 0 radical (unpaired) electrons. The molecule has 0 aliphatic carbocycles. The van der Waals surface area contributed by atoms with Gasteiger partial charge in [0.15, 0.2) is 11.5 Å². The SMILES string of the molecule is COc1ccc([C@H](N)C(F)(F)F)c(OC)c1OC.Cl. The molecule has 19 heavy (non-hydrogen) atoms. The van der Waals surface area contributed by atoms with Crippen molar-refractivity contribution in [2.24, 2.45) is 5.73 Å². The van der Waals surface area contributed by atoms with Crippen LogP contribution in [0.1, 0.15) is 11.6 Å². The molecule has 0 spiro atoms. The lowest BCUT2D eigenvalue weighted by atomic mass is 10.0. The van der Waals surface area contributed by atoms with Gasteiger partial charge in [-0.15, -0.1) is 12.4 Å². The van der Waals surface area contributed by atoms with Gasteiger partial charge in [-0.25, -0.2) is 0 Å². The van der Waals surface area contributed by atoms with Crippen LogP contribution in [0.2, 0.25) is 0 Å². The first-order valence-corrected chi connectivity index (χ1v) is 4.98. The Morgan fingerprint density at radius 2 is 1.53 bits per heavy atom. The van der Waals surface area contributed by atoms with Crippen molar-refractivity contribution in [3.05, 3.63) is 17.7 Å². The Labute approximate surface area is 115 Å². The highest BCUT2D eigenvalue weighted by molar-refractivity contribution is 5.85. The molecule has 1 rings (SSSR count). The molecule has 2 N–H and O–H groups in total. The lowest BCUT2D eigenvalue weighted by Gasteiger charge is -2.21. The van der Waals surface area contributed by atoms with Crippen LogP contribution in [0.25, 0.3) is 0 Å². The quantitative estimate of drug-likeness (QED) is 0.929. The zero-order valence-electron chi connectivity index (χ0n) is 10.6. The summed E-state index contributed by atoms with van der Waals surface area (Å²) in [6, 6.07) is 0.410. The van der Waals surface area contributed by atoms with E-state index in [0.29, 0.717) is 0 Å². The van der Waals surface area contributed by atoms with Crippen LogP contribution in [0.3, 0.4) is 0 Å². The fourth-order valence-corrected chi connectivity index (χ4v) is 1.55. The van der Waals surface area contributed by atoms with Crippen molar-refractivity contribution >= 4 is 12.4 Å². The molecule has 1 atom stereocenters. The van der Waals surface area contributed by atoms with E-state index in [1.165, 1.54) is 33.5 Å². The van der Waals surface area contributed by atoms with Crippen LogP contribution in [0, 0.1) is 0 Å². The standard InChI is InChI=1S/C11H14F3NO3.ClH/c1-16-7-5-4-6(10(15)11(12,13)14)8(17-2)9(7)18-3;/h4-5,10H,15H2,1-3H3;1H/t10-;/m0./s1. The van der Waals surface area contributed by atoms with Crippen LogP contribution in [0.4, 0.5) is 13.2 Å². The van der Waals surface area contributed by atoms with Crippen LogP contribution >= 0.6 is 12.4 Å². The number of rotatable bonds is 4. The second-order valence-electron chi connectivity index (χ2n) is 3.44. The lowest BCUT2D eigenvalue weighted by Crippen LogP contribution is -2.28. The molecule has 0 aromatic heterocycles. The van der Waals surface area contributed by atoms with E-state index >= 15 is 0 Å². The number of hydrogen-bond acceptors (Lipinski definition) is 4. The Bertz CT molecular complexity index is 426. The zero-order valence-corrected chi connectivity index (χ0v) is 11.4. The van der Waals surface area contributed by atoms with E-state index in [1.807, 2.05) is 0 Å². The minimum absolute atomic E-state index is 0. The summed E-state index contributed by atoms with van der Waals surface area (Å²) in [6.07, 6.45) is -4.56. The second-order valence-corrected chi connectivity index (χ2v) is 3.44. The summed E-state index contributed by atoms with van der Waals surface area (Å²) in [5.41, 5.74) is 4.96. The molecule has 0 saturated heterocycles. The number of alkyl halides is 3. The molecular weight excluding hydrogens is 287 g/mol. The fourth-order valence-electron chi connectivity index (χ4n) is 1.55. The third-order valence-electron chi connectivity index (χ3n) is 2.42. The van der Waals surface area contributed by atoms with Crippen LogP contribution < -0.4 is 19.9 Å². The molecule has 0 heterocycles. The highest BCUT2D eigenvalue weighted by Gasteiger charge is 2.40. The predicted octanol–water partition coefficient (Wildman–Crippen LogP) is 2.70. The maximum atomic E-state index is 12.6. The molecule has 110 valence electrons. The van der Waals surface area contributed by atoms with Crippen LogP contribution in [-0.2, 0) is 0 Å². The van der Waals surface area contributed by atoms with Crippen molar-refractivity contribution in [3.63, 3.8) is 0 Å². The van der Waals surface area contributed by atoms with Gasteiger partial charge in [0.1, 0.15) is 6.04 Å². The van der Waals surface area contributed by atoms with Gasteiger partial charge in [0.05, 0.1) is 21.3 Å². The average Bonchev–Trinajstić information content (AvgIpc) is 2.34. The van der Waals surface area contributed by atoms with E-state index in [0.717, 1.165) is 0 Å². The summed E-state index contributed by atoms with van der Waals surface area (Å²) < 4.78 is 52.8. The number of halogens is 4. The van der Waals surface area contributed by atoms with Gasteiger partial charge in [-0.05, 0) is 12.1 Å². The monoisotopic (exact) mass is 301 g/mol. The van der Waals surface area contributed by atoms with Gasteiger partial charge in [-0.3, -0.25) is 0 Å². The highest BCUT2D eigenvalue weighted by atomic mass is 35.5. The molecule has 1 aromatic rings. The number of hydrogen-bond donors (Lipinski definition) is 1. The Balaban J connectivity index is 0.00000324. The first kappa shape index (κ1) is 17.7. The molecule has 0 aliphatic heterocycles. The van der Waals surface area contributed by atoms with Gasteiger partial charge in [0, 0.05) is 5.56 Å². The van der Waals surface area contributed by atoms with E-state index in [4.69, 9.17) is 19.9 Å². The van der Waals surface area contributed by atoms with E-state index in [2.05, 4.69) is 0 Å². The molecule has 1 aromatic carbocycles. The lowest BCUT2D eigenvalue weighted by molar-refractivity contribution is -0.149. The Hall–Kier alpha value is -1.34. The summed E-state index contributed by atoms with van der Waals surface area (Å²) in [7, 11) is 3.92. The molecule has 0 saturated carbocycles. The topological polar surface area (TPSA) is 53.7 Å². The van der Waals surface area contributed by atoms with Crippen LogP contribution in [-0.4, -0.2) is 27.5 Å². The summed E-state index contributed by atoms with van der Waals surface area (Å²) in [5, 5.41) is 0. The third-order valence-corrected chi connectivity index (χ3v) is 2.42. The third kappa shape index (κ3) is 3.57. The Morgan fingerprint density at radius 1 is 1.00 bits per heavy atom. The maximum absolute atomic E-state index is 12.6. The van der Waals surface area contributed by atoms with Crippen LogP contribution in [0.5, 0.6) is 17.2 Å². The predicted molar refractivity (Wildman–Crippen MR) is 66.3 cm³/mol. The maximum Gasteiger partial charge on any atom is 0.407 e. The van der Waals surface area contributed by atoms with E-state index in [-0.39, 0.29) is 35.2 Å². The smallest absolute Gasteiger partial charge is 0.407 e. The molecular formula is C11H15ClF3NO3. The highest BCUT2D eigenvalue weighted by Crippen LogP contribution is 2.44. The largest absolute Gasteiger partial charge is 0.493 e. The normalized spacial score (nSPS) is 12.4. The second kappa shape index (κ2) is 6.72. The molecule has 0 amide bonds. The first-order valence-electron chi connectivity index (χ1n) is 4.98. The molecule has 0 bridgehead atoms. The number of nitrogens with two attached hydrogens (primary N) is 1. The van der Waals surface area contributed by atoms with Crippen molar-refractivity contribution in [1.82, 2.24) is 0 Å². The van der Waals surface area contributed by atoms with E-state index < -0.39 is 12.2 Å². The van der Waals surface area contributed by atoms with E-state index in [1.54, 1.807) is 0 Å². The van der Waals surface area contributed by atoms with Crippen molar-refractivity contribution in [3.8, 4) is 17.2 Å². The van der Waals surface area contributed by atoms with Crippen molar-refractivity contribution < 1.29 is 27.4 Å². The van der Waals surface area contributed by atoms with Gasteiger partial charge < -0.3 is 19.9 Å². The van der Waals surface area contributed by atoms with Gasteiger partial charge in [0.2, 0.25) is 5.75 Å². The number of ether oxygens (including phenoxy) is 3. The van der Waals surface area contributed by atoms with Gasteiger partial charge in [0.25, 0.3) is 0 Å². The molecule has 0 aliphatic rings. The van der Waals surface area contributed by atoms with Gasteiger partial charge in [-0.2, -0.15) is 13.2 Å². The fraction of sp³-hybridized carbons (Fsp3) is 0.455. The molecule has 0 fully saturated rings. The summed E-state index contributed by atoms with van der Waals surface area (Å²) >= 11 is 0. The summed E-state index contributed by atoms with van der Waals surface area (Å²) in [5.74, 6) is 0.270. The molecule has 4 nitrogen and oxygen atoms in total. The zero-order chi connectivity index (χ0) is 13.9.